The third kappa shape index (κ3) is 6.25. The fraction of sp³-hybridized carbons (Fsp3) is 0.500. The van der Waals surface area contributed by atoms with Crippen LogP contribution in [0.1, 0.15) is 0 Å². The molecule has 0 aromatic heterocycles. The number of likely N-dealkylation sites (N-methyl/N-ethyl adjacent to an activating group) is 1. The first-order chi connectivity index (χ1) is 10.9. The van der Waals surface area contributed by atoms with Gasteiger partial charge in [-0.05, 0) is 24.3 Å². The fourth-order valence-corrected chi connectivity index (χ4v) is 2.29. The second-order valence-corrected chi connectivity index (χ2v) is 6.17. The number of benzene rings is 1. The van der Waals surface area contributed by atoms with E-state index in [4.69, 9.17) is 9.47 Å². The van der Waals surface area contributed by atoms with Crippen molar-refractivity contribution in [3.63, 3.8) is 0 Å². The normalized spacial score (nSPS) is 15.8. The van der Waals surface area contributed by atoms with Crippen molar-refractivity contribution in [1.29, 1.82) is 0 Å². The van der Waals surface area contributed by atoms with E-state index in [1.54, 1.807) is 38.4 Å². The van der Waals surface area contributed by atoms with E-state index < -0.39 is 6.09 Å². The molecule has 1 fully saturated rings. The van der Waals surface area contributed by atoms with Gasteiger partial charge in [-0.25, -0.2) is 4.79 Å². The predicted octanol–water partition coefficient (Wildman–Crippen LogP) is -1.83. The monoisotopic (exact) mass is 449 g/mol. The summed E-state index contributed by atoms with van der Waals surface area (Å²) in [6.45, 7) is 3.48. The van der Waals surface area contributed by atoms with Crippen LogP contribution in [0.4, 0.5) is 10.5 Å². The number of hydrogen-bond donors (Lipinski definition) is 1. The van der Waals surface area contributed by atoms with Gasteiger partial charge < -0.3 is 48.2 Å². The molecule has 8 heteroatoms. The van der Waals surface area contributed by atoms with Gasteiger partial charge >= 0.3 is 6.09 Å². The van der Waals surface area contributed by atoms with Gasteiger partial charge in [0.05, 0.1) is 20.3 Å². The molecular formula is C16H24IN3O4. The van der Waals surface area contributed by atoms with Crippen LogP contribution < -0.4 is 34.0 Å². The van der Waals surface area contributed by atoms with Crippen molar-refractivity contribution in [2.45, 2.75) is 0 Å². The summed E-state index contributed by atoms with van der Waals surface area (Å²) in [6, 6.07) is 6.75. The lowest BCUT2D eigenvalue weighted by molar-refractivity contribution is -0.909. The third-order valence-corrected chi connectivity index (χ3v) is 3.78. The van der Waals surface area contributed by atoms with Crippen LogP contribution in [-0.2, 0) is 9.53 Å². The van der Waals surface area contributed by atoms with Gasteiger partial charge in [0.15, 0.2) is 6.54 Å². The first-order valence-electron chi connectivity index (χ1n) is 7.58. The fourth-order valence-electron chi connectivity index (χ4n) is 2.29. The first-order valence-corrected chi connectivity index (χ1v) is 7.58. The Kier molecular flexibility index (Phi) is 7.91. The van der Waals surface area contributed by atoms with E-state index >= 15 is 0 Å². The summed E-state index contributed by atoms with van der Waals surface area (Å²) >= 11 is 0. The summed E-state index contributed by atoms with van der Waals surface area (Å²) in [5.74, 6) is 0.404. The molecule has 0 spiro atoms. The minimum atomic E-state index is -0.438. The maximum Gasteiger partial charge on any atom is 0.414 e. The number of ether oxygens (including phenoxy) is 2. The molecule has 1 aliphatic heterocycles. The Balaban J connectivity index is 0.00000288. The van der Waals surface area contributed by atoms with Gasteiger partial charge in [-0.15, -0.1) is 0 Å². The molecule has 1 aliphatic rings. The summed E-state index contributed by atoms with van der Waals surface area (Å²) in [5, 5.41) is 2.87. The molecule has 1 N–H and O–H groups in total. The second-order valence-electron chi connectivity index (χ2n) is 6.17. The number of morpholine rings is 1. The quantitative estimate of drug-likeness (QED) is 0.434. The highest BCUT2D eigenvalue weighted by atomic mass is 127. The van der Waals surface area contributed by atoms with Crippen molar-refractivity contribution >= 4 is 17.7 Å². The van der Waals surface area contributed by atoms with Gasteiger partial charge in [0.2, 0.25) is 0 Å². The van der Waals surface area contributed by atoms with Crippen LogP contribution in [0.15, 0.2) is 24.3 Å². The maximum absolute atomic E-state index is 12.2. The zero-order valence-corrected chi connectivity index (χ0v) is 16.4. The van der Waals surface area contributed by atoms with Crippen LogP contribution in [0.25, 0.3) is 0 Å². The number of carbonyl (C=O) groups excluding carboxylic acids is 2. The molecule has 1 saturated heterocycles. The molecule has 24 heavy (non-hydrogen) atoms. The van der Waals surface area contributed by atoms with Crippen LogP contribution in [-0.4, -0.2) is 75.4 Å². The summed E-state index contributed by atoms with van der Waals surface area (Å²) in [7, 11) is 5.30. The Morgan fingerprint density at radius 3 is 2.33 bits per heavy atom. The van der Waals surface area contributed by atoms with Gasteiger partial charge in [-0.3, -0.25) is 4.79 Å². The van der Waals surface area contributed by atoms with Crippen LogP contribution in [0.2, 0.25) is 0 Å². The van der Waals surface area contributed by atoms with Crippen LogP contribution in [0.3, 0.4) is 0 Å². The highest BCUT2D eigenvalue weighted by molar-refractivity contribution is 5.91. The molecule has 0 saturated carbocycles. The number of hydrogen-bond acceptors (Lipinski definition) is 4. The van der Waals surface area contributed by atoms with Crippen molar-refractivity contribution in [2.75, 3.05) is 59.3 Å². The van der Waals surface area contributed by atoms with E-state index in [0.717, 1.165) is 13.1 Å². The van der Waals surface area contributed by atoms with Gasteiger partial charge in [0, 0.05) is 19.8 Å². The molecule has 1 heterocycles. The number of carbonyl (C=O) groups is 2. The van der Waals surface area contributed by atoms with Gasteiger partial charge in [0.25, 0.3) is 5.91 Å². The summed E-state index contributed by atoms with van der Waals surface area (Å²) in [5.41, 5.74) is 0.680. The smallest absolute Gasteiger partial charge is 0.414 e. The predicted molar refractivity (Wildman–Crippen MR) is 86.4 cm³/mol. The number of anilines is 1. The third-order valence-electron chi connectivity index (χ3n) is 3.78. The molecular weight excluding hydrogens is 425 g/mol. The van der Waals surface area contributed by atoms with Gasteiger partial charge in [-0.1, -0.05) is 0 Å². The lowest BCUT2D eigenvalue weighted by Gasteiger charge is -2.36. The minimum Gasteiger partial charge on any atom is -1.00 e. The summed E-state index contributed by atoms with van der Waals surface area (Å²) in [6.07, 6.45) is -0.438. The molecule has 0 unspecified atom stereocenters. The topological polar surface area (TPSA) is 67.9 Å². The van der Waals surface area contributed by atoms with Gasteiger partial charge in [0.1, 0.15) is 18.8 Å². The van der Waals surface area contributed by atoms with E-state index in [2.05, 4.69) is 12.4 Å². The number of nitrogens with one attached hydrogen (secondary N) is 1. The molecule has 2 rings (SSSR count). The lowest BCUT2D eigenvalue weighted by atomic mass is 10.3. The average molecular weight is 449 g/mol. The van der Waals surface area contributed by atoms with Crippen LogP contribution in [0, 0.1) is 0 Å². The molecule has 0 aliphatic carbocycles. The number of halogens is 1. The van der Waals surface area contributed by atoms with Crippen LogP contribution in [0.5, 0.6) is 5.75 Å². The zero-order chi connectivity index (χ0) is 16.9. The van der Waals surface area contributed by atoms with E-state index in [1.807, 2.05) is 0 Å². The van der Waals surface area contributed by atoms with E-state index in [0.29, 0.717) is 35.7 Å². The number of rotatable bonds is 4. The molecule has 0 bridgehead atoms. The molecule has 1 aromatic carbocycles. The molecule has 1 aromatic rings. The maximum atomic E-state index is 12.2. The largest absolute Gasteiger partial charge is 1.00 e. The number of amides is 2. The summed E-state index contributed by atoms with van der Waals surface area (Å²) in [4.78, 5) is 25.0. The van der Waals surface area contributed by atoms with Crippen molar-refractivity contribution in [2.24, 2.45) is 0 Å². The van der Waals surface area contributed by atoms with Gasteiger partial charge in [-0.2, -0.15) is 0 Å². The Morgan fingerprint density at radius 2 is 1.79 bits per heavy atom. The lowest BCUT2D eigenvalue weighted by Crippen LogP contribution is -3.00. The second kappa shape index (κ2) is 9.19. The highest BCUT2D eigenvalue weighted by Gasteiger charge is 2.28. The number of quaternary nitrogens is 1. The standard InChI is InChI=1S/C16H23N3O4.HI/c1-18(2)16(21)23-14-6-4-13(5-7-14)17-15(20)12-19(3)8-10-22-11-9-19;/h4-7H,8-12H2,1-3H3;1H. The Bertz CT molecular complexity index is 557. The minimum absolute atomic E-state index is 0. The Morgan fingerprint density at radius 1 is 1.21 bits per heavy atom. The molecule has 134 valence electrons. The Hall–Kier alpha value is -1.39. The SMILES string of the molecule is CN(C)C(=O)Oc1ccc(NC(=O)C[N+]2(C)CCOCC2)cc1.[I-]. The molecule has 0 radical (unpaired) electrons. The zero-order valence-electron chi connectivity index (χ0n) is 14.3. The molecule has 2 amide bonds. The molecule has 0 atom stereocenters. The van der Waals surface area contributed by atoms with E-state index in [9.17, 15) is 9.59 Å². The van der Waals surface area contributed by atoms with E-state index in [1.165, 1.54) is 4.90 Å². The van der Waals surface area contributed by atoms with Crippen molar-refractivity contribution < 1.29 is 47.5 Å². The average Bonchev–Trinajstić information content (AvgIpc) is 2.49. The van der Waals surface area contributed by atoms with Crippen LogP contribution >= 0.6 is 0 Å². The van der Waals surface area contributed by atoms with Crippen molar-refractivity contribution in [1.82, 2.24) is 4.90 Å². The molecule has 7 nitrogen and oxygen atoms in total. The summed E-state index contributed by atoms with van der Waals surface area (Å²) < 4.78 is 11.1. The van der Waals surface area contributed by atoms with Crippen molar-refractivity contribution in [3.05, 3.63) is 24.3 Å². The van der Waals surface area contributed by atoms with E-state index in [-0.39, 0.29) is 29.9 Å². The van der Waals surface area contributed by atoms with Crippen molar-refractivity contribution in [3.8, 4) is 5.75 Å². The Labute approximate surface area is 159 Å². The number of nitrogens with zero attached hydrogens (tertiary/aromatic N) is 2. The first kappa shape index (κ1) is 20.7. The highest BCUT2D eigenvalue weighted by Crippen LogP contribution is 2.17.